The van der Waals surface area contributed by atoms with E-state index in [0.29, 0.717) is 6.04 Å². The van der Waals surface area contributed by atoms with E-state index in [4.69, 9.17) is 11.6 Å². The van der Waals surface area contributed by atoms with Crippen LogP contribution in [0.15, 0.2) is 36.4 Å². The van der Waals surface area contributed by atoms with E-state index in [9.17, 15) is 0 Å². The summed E-state index contributed by atoms with van der Waals surface area (Å²) in [4.78, 5) is 0. The van der Waals surface area contributed by atoms with Gasteiger partial charge >= 0.3 is 0 Å². The van der Waals surface area contributed by atoms with Crippen molar-refractivity contribution in [2.45, 2.75) is 32.2 Å². The fourth-order valence-electron chi connectivity index (χ4n) is 3.64. The average Bonchev–Trinajstić information content (AvgIpc) is 3.02. The highest BCUT2D eigenvalue weighted by atomic mass is 35.5. The summed E-state index contributed by atoms with van der Waals surface area (Å²) in [6.45, 7) is 3.37. The molecular formula is C17H22ClN. The molecule has 2 heteroatoms. The smallest absolute Gasteiger partial charge is 0.0409 e. The molecule has 19 heavy (non-hydrogen) atoms. The molecule has 4 unspecified atom stereocenters. The molecule has 0 aromatic heterocycles. The molecular weight excluding hydrogens is 254 g/mol. The van der Waals surface area contributed by atoms with E-state index < -0.39 is 0 Å². The highest BCUT2D eigenvalue weighted by molar-refractivity contribution is 6.30. The van der Waals surface area contributed by atoms with Crippen molar-refractivity contribution < 1.29 is 0 Å². The Kier molecular flexibility index (Phi) is 3.95. The van der Waals surface area contributed by atoms with E-state index in [2.05, 4.69) is 36.5 Å². The zero-order valence-electron chi connectivity index (χ0n) is 11.5. The lowest BCUT2D eigenvalue weighted by Crippen LogP contribution is -2.29. The zero-order chi connectivity index (χ0) is 13.2. The second-order valence-electron chi connectivity index (χ2n) is 5.96. The molecule has 2 aliphatic carbocycles. The van der Waals surface area contributed by atoms with Crippen LogP contribution in [0.4, 0.5) is 0 Å². The average molecular weight is 276 g/mol. The molecule has 1 aromatic carbocycles. The van der Waals surface area contributed by atoms with Gasteiger partial charge in [0.2, 0.25) is 0 Å². The highest BCUT2D eigenvalue weighted by Crippen LogP contribution is 2.43. The first-order valence-corrected chi connectivity index (χ1v) is 7.81. The van der Waals surface area contributed by atoms with Gasteiger partial charge in [0.05, 0.1) is 0 Å². The largest absolute Gasteiger partial charge is 0.310 e. The summed E-state index contributed by atoms with van der Waals surface area (Å²) >= 11 is 6.09. The van der Waals surface area contributed by atoms with E-state index in [1.54, 1.807) is 0 Å². The molecule has 3 rings (SSSR count). The van der Waals surface area contributed by atoms with Crippen molar-refractivity contribution in [2.75, 3.05) is 6.54 Å². The van der Waals surface area contributed by atoms with Gasteiger partial charge in [0, 0.05) is 11.1 Å². The third kappa shape index (κ3) is 2.88. The lowest BCUT2D eigenvalue weighted by atomic mass is 9.93. The molecule has 0 spiro atoms. The number of fused-ring (bicyclic) bond motifs is 2. The fourth-order valence-corrected chi connectivity index (χ4v) is 3.84. The maximum absolute atomic E-state index is 6.09. The summed E-state index contributed by atoms with van der Waals surface area (Å²) in [7, 11) is 0. The molecule has 4 atom stereocenters. The second kappa shape index (κ2) is 5.68. The number of nitrogens with one attached hydrogen (secondary N) is 1. The molecule has 1 saturated carbocycles. The van der Waals surface area contributed by atoms with Gasteiger partial charge in [-0.25, -0.2) is 0 Å². The predicted molar refractivity (Wildman–Crippen MR) is 81.3 cm³/mol. The van der Waals surface area contributed by atoms with Crippen molar-refractivity contribution in [3.05, 3.63) is 47.0 Å². The molecule has 1 N–H and O–H groups in total. The lowest BCUT2D eigenvalue weighted by molar-refractivity contribution is 0.381. The first-order chi connectivity index (χ1) is 9.26. The van der Waals surface area contributed by atoms with Gasteiger partial charge in [-0.15, -0.1) is 0 Å². The van der Waals surface area contributed by atoms with Gasteiger partial charge in [0.15, 0.2) is 0 Å². The Hall–Kier alpha value is -0.790. The normalized spacial score (nSPS) is 29.9. The predicted octanol–water partition coefficient (Wildman–Crippen LogP) is 4.59. The van der Waals surface area contributed by atoms with Gasteiger partial charge < -0.3 is 5.32 Å². The van der Waals surface area contributed by atoms with E-state index in [1.165, 1.54) is 18.4 Å². The summed E-state index contributed by atoms with van der Waals surface area (Å²) in [5, 5.41) is 4.58. The van der Waals surface area contributed by atoms with Crippen molar-refractivity contribution in [3.63, 3.8) is 0 Å². The first-order valence-electron chi connectivity index (χ1n) is 7.43. The summed E-state index contributed by atoms with van der Waals surface area (Å²) in [6, 6.07) is 8.68. The van der Waals surface area contributed by atoms with Gasteiger partial charge in [0.25, 0.3) is 0 Å². The SMILES string of the molecule is CCC(NCC1CC2C=CC1C2)c1cccc(Cl)c1. The number of rotatable bonds is 5. The number of allylic oxidation sites excluding steroid dienone is 2. The van der Waals surface area contributed by atoms with E-state index in [-0.39, 0.29) is 0 Å². The third-order valence-electron chi connectivity index (χ3n) is 4.70. The van der Waals surface area contributed by atoms with Gasteiger partial charge in [-0.05, 0) is 61.3 Å². The maximum atomic E-state index is 6.09. The second-order valence-corrected chi connectivity index (χ2v) is 6.40. The van der Waals surface area contributed by atoms with Crippen LogP contribution in [-0.2, 0) is 0 Å². The monoisotopic (exact) mass is 275 g/mol. The Morgan fingerprint density at radius 2 is 2.21 bits per heavy atom. The van der Waals surface area contributed by atoms with Crippen molar-refractivity contribution in [3.8, 4) is 0 Å². The molecule has 102 valence electrons. The standard InChI is InChI=1S/C17H22ClN/c1-2-17(14-4-3-5-16(18)10-14)19-11-15-9-12-6-7-13(15)8-12/h3-7,10,12-13,15,17,19H,2,8-9,11H2,1H3. The highest BCUT2D eigenvalue weighted by Gasteiger charge is 2.35. The molecule has 0 aliphatic heterocycles. The minimum atomic E-state index is 0.432. The van der Waals surface area contributed by atoms with Crippen LogP contribution in [0.25, 0.3) is 0 Å². The molecule has 1 nitrogen and oxygen atoms in total. The lowest BCUT2D eigenvalue weighted by Gasteiger charge is -2.23. The van der Waals surface area contributed by atoms with Crippen molar-refractivity contribution in [2.24, 2.45) is 17.8 Å². The van der Waals surface area contributed by atoms with E-state index >= 15 is 0 Å². The van der Waals surface area contributed by atoms with Gasteiger partial charge in [-0.2, -0.15) is 0 Å². The molecule has 0 radical (unpaired) electrons. The maximum Gasteiger partial charge on any atom is 0.0409 e. The van der Waals surface area contributed by atoms with E-state index in [0.717, 1.165) is 35.7 Å². The van der Waals surface area contributed by atoms with Crippen LogP contribution in [0.3, 0.4) is 0 Å². The summed E-state index contributed by atoms with van der Waals surface area (Å²) in [5.41, 5.74) is 1.31. The Morgan fingerprint density at radius 1 is 1.32 bits per heavy atom. The summed E-state index contributed by atoms with van der Waals surface area (Å²) in [6.07, 6.45) is 8.72. The van der Waals surface area contributed by atoms with Crippen molar-refractivity contribution in [1.82, 2.24) is 5.32 Å². The Morgan fingerprint density at radius 3 is 2.84 bits per heavy atom. The fraction of sp³-hybridized carbons (Fsp3) is 0.529. The molecule has 1 aromatic rings. The van der Waals surface area contributed by atoms with Gasteiger partial charge in [0.1, 0.15) is 0 Å². The minimum Gasteiger partial charge on any atom is -0.310 e. The number of hydrogen-bond acceptors (Lipinski definition) is 1. The van der Waals surface area contributed by atoms with Gasteiger partial charge in [-0.1, -0.05) is 42.8 Å². The van der Waals surface area contributed by atoms with Crippen LogP contribution in [-0.4, -0.2) is 6.54 Å². The van der Waals surface area contributed by atoms with Crippen molar-refractivity contribution in [1.29, 1.82) is 0 Å². The minimum absolute atomic E-state index is 0.432. The van der Waals surface area contributed by atoms with Crippen LogP contribution in [0.5, 0.6) is 0 Å². The Bertz CT molecular complexity index is 468. The molecule has 2 bridgehead atoms. The van der Waals surface area contributed by atoms with Crippen LogP contribution in [0.2, 0.25) is 5.02 Å². The van der Waals surface area contributed by atoms with Crippen molar-refractivity contribution >= 4 is 11.6 Å². The van der Waals surface area contributed by atoms with Crippen LogP contribution in [0.1, 0.15) is 37.8 Å². The zero-order valence-corrected chi connectivity index (χ0v) is 12.2. The number of hydrogen-bond donors (Lipinski definition) is 1. The van der Waals surface area contributed by atoms with Crippen LogP contribution < -0.4 is 5.32 Å². The molecule has 0 heterocycles. The summed E-state index contributed by atoms with van der Waals surface area (Å²) < 4.78 is 0. The Balaban J connectivity index is 1.60. The topological polar surface area (TPSA) is 12.0 Å². The number of benzene rings is 1. The molecule has 1 fully saturated rings. The molecule has 2 aliphatic rings. The molecule has 0 amide bonds. The summed E-state index contributed by atoms with van der Waals surface area (Å²) in [5.74, 6) is 2.53. The first kappa shape index (κ1) is 13.2. The van der Waals surface area contributed by atoms with Gasteiger partial charge in [-0.3, -0.25) is 0 Å². The van der Waals surface area contributed by atoms with Crippen LogP contribution in [0, 0.1) is 17.8 Å². The van der Waals surface area contributed by atoms with Crippen LogP contribution >= 0.6 is 11.6 Å². The Labute approximate surface area is 121 Å². The number of halogens is 1. The third-order valence-corrected chi connectivity index (χ3v) is 4.94. The van der Waals surface area contributed by atoms with E-state index in [1.807, 2.05) is 12.1 Å². The quantitative estimate of drug-likeness (QED) is 0.775. The molecule has 0 saturated heterocycles.